The highest BCUT2D eigenvalue weighted by Gasteiger charge is 2.25. The van der Waals surface area contributed by atoms with Crippen LogP contribution < -0.4 is 44.0 Å². The van der Waals surface area contributed by atoms with Crippen molar-refractivity contribution < 1.29 is 19.1 Å². The lowest BCUT2D eigenvalue weighted by Crippen LogP contribution is -2.44. The van der Waals surface area contributed by atoms with Crippen LogP contribution in [0.2, 0.25) is 0 Å². The van der Waals surface area contributed by atoms with Gasteiger partial charge in [-0.15, -0.1) is 10.6 Å². The van der Waals surface area contributed by atoms with Gasteiger partial charge >= 0.3 is 12.0 Å². The molecule has 0 fully saturated rings. The molecule has 0 radical (unpaired) electrons. The summed E-state index contributed by atoms with van der Waals surface area (Å²) in [6.07, 6.45) is 1.90. The van der Waals surface area contributed by atoms with Gasteiger partial charge in [-0.1, -0.05) is 0 Å². The summed E-state index contributed by atoms with van der Waals surface area (Å²) >= 11 is 0. The first-order valence-electron chi connectivity index (χ1n) is 11.0. The van der Waals surface area contributed by atoms with Gasteiger partial charge in [-0.05, 0) is 18.6 Å². The summed E-state index contributed by atoms with van der Waals surface area (Å²) in [7, 11) is 1.20. The first-order chi connectivity index (χ1) is 18.2. The Hall–Kier alpha value is -5.44. The molecule has 1 atom stereocenters. The fourth-order valence-electron chi connectivity index (χ4n) is 3.22. The number of nitrogen functional groups attached to an aromatic ring is 2. The van der Waals surface area contributed by atoms with Crippen molar-refractivity contribution in [3.63, 3.8) is 0 Å². The molecular weight excluding hydrogens is 502 g/mol. The number of nitrogens with two attached hydrogens (primary N) is 2. The molecular formula is C20H25N13O5. The number of hydrazone groups is 1. The predicted octanol–water partition coefficient (Wildman–Crippen LogP) is -1.42. The van der Waals surface area contributed by atoms with Crippen LogP contribution >= 0.6 is 0 Å². The van der Waals surface area contributed by atoms with E-state index in [1.165, 1.54) is 25.4 Å². The maximum absolute atomic E-state index is 12.7. The number of carbonyl (C=O) groups excluding carboxylic acids is 3. The number of rotatable bonds is 10. The second-order valence-electron chi connectivity index (χ2n) is 7.62. The summed E-state index contributed by atoms with van der Waals surface area (Å²) in [4.78, 5) is 58.9. The first-order valence-corrected chi connectivity index (χ1v) is 11.0. The molecule has 3 rings (SSSR count). The van der Waals surface area contributed by atoms with Crippen LogP contribution in [0.25, 0.3) is 0 Å². The van der Waals surface area contributed by atoms with Gasteiger partial charge in [-0.2, -0.15) is 10.2 Å². The number of esters is 1. The molecule has 3 heterocycles. The van der Waals surface area contributed by atoms with E-state index in [1.807, 2.05) is 6.07 Å². The molecule has 3 amide bonds. The summed E-state index contributed by atoms with van der Waals surface area (Å²) in [5.74, 6) is -1.25. The van der Waals surface area contributed by atoms with E-state index in [1.54, 1.807) is 5.01 Å². The smallest absolute Gasteiger partial charge is 0.328 e. The van der Waals surface area contributed by atoms with E-state index in [-0.39, 0.29) is 48.1 Å². The Morgan fingerprint density at radius 2 is 2.05 bits per heavy atom. The monoisotopic (exact) mass is 527 g/mol. The van der Waals surface area contributed by atoms with Crippen molar-refractivity contribution in [2.24, 2.45) is 5.10 Å². The average Bonchev–Trinajstić information content (AvgIpc) is 3.34. The van der Waals surface area contributed by atoms with E-state index in [9.17, 15) is 19.2 Å². The lowest BCUT2D eigenvalue weighted by molar-refractivity contribution is -0.143. The molecule has 2 aromatic rings. The number of hydrogen-bond acceptors (Lipinski definition) is 14. The second-order valence-corrected chi connectivity index (χ2v) is 7.62. The molecule has 0 spiro atoms. The molecule has 0 bridgehead atoms. The Bertz CT molecular complexity index is 1320. The maximum atomic E-state index is 12.7. The molecule has 0 saturated carbocycles. The average molecular weight is 528 g/mol. The number of methoxy groups -OCH3 is 1. The van der Waals surface area contributed by atoms with Crippen molar-refractivity contribution in [3.05, 3.63) is 34.4 Å². The number of nitrogens with zero attached hydrogens (tertiary/aromatic N) is 5. The van der Waals surface area contributed by atoms with E-state index in [0.29, 0.717) is 12.4 Å². The third kappa shape index (κ3) is 7.05. The number of aromatic nitrogens is 3. The fraction of sp³-hybridized carbons (Fsp3) is 0.300. The van der Waals surface area contributed by atoms with Crippen LogP contribution in [-0.4, -0.2) is 63.4 Å². The molecule has 1 aliphatic rings. The lowest BCUT2D eigenvalue weighted by Gasteiger charge is -2.20. The van der Waals surface area contributed by atoms with Crippen LogP contribution in [0.15, 0.2) is 28.2 Å². The van der Waals surface area contributed by atoms with Gasteiger partial charge in [0.05, 0.1) is 38.0 Å². The maximum Gasteiger partial charge on any atom is 0.328 e. The van der Waals surface area contributed by atoms with Gasteiger partial charge < -0.3 is 26.8 Å². The number of hydrogen-bond donors (Lipinski definition) is 8. The van der Waals surface area contributed by atoms with Gasteiger partial charge in [0.25, 0.3) is 11.5 Å². The fourth-order valence-corrected chi connectivity index (χ4v) is 3.22. The quantitative estimate of drug-likeness (QED) is 0.165. The highest BCUT2D eigenvalue weighted by molar-refractivity contribution is 6.01. The van der Waals surface area contributed by atoms with Gasteiger partial charge in [0, 0.05) is 6.42 Å². The van der Waals surface area contributed by atoms with Crippen molar-refractivity contribution in [1.29, 1.82) is 5.26 Å². The summed E-state index contributed by atoms with van der Waals surface area (Å²) < 4.78 is 4.79. The molecule has 0 saturated heterocycles. The molecule has 0 aromatic carbocycles. The van der Waals surface area contributed by atoms with Crippen molar-refractivity contribution >= 4 is 46.9 Å². The number of aromatic amines is 1. The number of nitrogens with one attached hydrogen (secondary N) is 6. The van der Waals surface area contributed by atoms with Crippen molar-refractivity contribution in [1.82, 2.24) is 36.3 Å². The minimum atomic E-state index is -1.00. The van der Waals surface area contributed by atoms with E-state index in [2.05, 4.69) is 47.1 Å². The van der Waals surface area contributed by atoms with Crippen LogP contribution in [0.1, 0.15) is 29.8 Å². The topological polar surface area (TPSA) is 271 Å². The number of hydrazine groups is 2. The minimum absolute atomic E-state index is 0.0366. The number of ether oxygens (including phenoxy) is 1. The molecule has 38 heavy (non-hydrogen) atoms. The highest BCUT2D eigenvalue weighted by Crippen LogP contribution is 2.12. The molecule has 200 valence electrons. The van der Waals surface area contributed by atoms with E-state index in [0.717, 1.165) is 0 Å². The van der Waals surface area contributed by atoms with Gasteiger partial charge in [0.15, 0.2) is 11.5 Å². The second kappa shape index (κ2) is 12.5. The normalized spacial score (nSPS) is 12.9. The van der Waals surface area contributed by atoms with Crippen molar-refractivity contribution in [2.75, 3.05) is 35.8 Å². The number of pyridine rings is 1. The number of carbonyl (C=O) groups is 3. The zero-order chi connectivity index (χ0) is 27.7. The molecule has 0 unspecified atom stereocenters. The minimum Gasteiger partial charge on any atom is -0.467 e. The molecule has 2 aromatic heterocycles. The van der Waals surface area contributed by atoms with Crippen LogP contribution in [0.4, 0.5) is 27.9 Å². The number of H-pyrrole nitrogens is 1. The van der Waals surface area contributed by atoms with E-state index < -0.39 is 29.5 Å². The summed E-state index contributed by atoms with van der Waals surface area (Å²) in [6, 6.07) is 2.92. The van der Waals surface area contributed by atoms with Crippen LogP contribution in [0.5, 0.6) is 0 Å². The summed E-state index contributed by atoms with van der Waals surface area (Å²) in [6.45, 7) is 0.376. The summed E-state index contributed by atoms with van der Waals surface area (Å²) in [5.41, 5.74) is 15.4. The Labute approximate surface area is 214 Å². The number of amidine groups is 1. The van der Waals surface area contributed by atoms with Gasteiger partial charge in [0.2, 0.25) is 5.95 Å². The first kappa shape index (κ1) is 27.2. The molecule has 10 N–H and O–H groups in total. The Morgan fingerprint density at radius 3 is 2.71 bits per heavy atom. The highest BCUT2D eigenvalue weighted by atomic mass is 16.5. The van der Waals surface area contributed by atoms with Crippen LogP contribution in [0.3, 0.4) is 0 Å². The molecule has 18 heteroatoms. The molecule has 1 aliphatic heterocycles. The Kier molecular flexibility index (Phi) is 8.93. The zero-order valence-corrected chi connectivity index (χ0v) is 20.1. The predicted molar refractivity (Wildman–Crippen MR) is 134 cm³/mol. The van der Waals surface area contributed by atoms with Gasteiger partial charge in [0.1, 0.15) is 17.6 Å². The van der Waals surface area contributed by atoms with E-state index >= 15 is 0 Å². The Balaban J connectivity index is 1.58. The Morgan fingerprint density at radius 1 is 1.26 bits per heavy atom. The zero-order valence-electron chi connectivity index (χ0n) is 20.1. The van der Waals surface area contributed by atoms with Crippen molar-refractivity contribution in [2.45, 2.75) is 25.3 Å². The van der Waals surface area contributed by atoms with Crippen LogP contribution in [0, 0.1) is 11.3 Å². The lowest BCUT2D eigenvalue weighted by atomic mass is 10.1. The number of urea groups is 1. The van der Waals surface area contributed by atoms with Crippen molar-refractivity contribution in [3.8, 4) is 6.07 Å². The summed E-state index contributed by atoms with van der Waals surface area (Å²) in [5, 5.41) is 21.7. The molecule has 0 aliphatic carbocycles. The SMILES string of the molecule is COC(=O)[C@H](CCC1=NNNN1CCC#N)NC(=O)c1ccc(NC(=O)Nc2c(N)nc(N)[nH]c2=O)cn1. The van der Waals surface area contributed by atoms with Gasteiger partial charge in [-0.3, -0.25) is 24.9 Å². The standard InChI is InChI=1S/C20H25N13O5/c1-38-18(36)12(5-6-13-30-31-32-33(13)8-2-7-21)26-16(34)11-4-3-10(9-24-11)25-20(37)27-14-15(22)28-19(23)29-17(14)35/h3-4,9,12,31-32H,2,5-6,8H2,1H3,(H,26,34)(H2,25,27,37)(H5,22,23,28,29,35)/t12-/m0/s1. The largest absolute Gasteiger partial charge is 0.467 e. The van der Waals surface area contributed by atoms with Gasteiger partial charge in [-0.25, -0.2) is 20.1 Å². The van der Waals surface area contributed by atoms with E-state index in [4.69, 9.17) is 21.5 Å². The number of amides is 3. The third-order valence-corrected chi connectivity index (χ3v) is 5.03. The third-order valence-electron chi connectivity index (χ3n) is 5.03. The number of anilines is 4. The van der Waals surface area contributed by atoms with Crippen LogP contribution in [-0.2, 0) is 9.53 Å². The molecule has 18 nitrogen and oxygen atoms in total. The number of nitriles is 1.